The molecule has 1 fully saturated rings. The first kappa shape index (κ1) is 9.48. The highest BCUT2D eigenvalue weighted by Gasteiger charge is 2.21. The molecule has 0 aromatic rings. The molecule has 0 saturated carbocycles. The molecule has 70 valence electrons. The van der Waals surface area contributed by atoms with Crippen molar-refractivity contribution in [1.29, 1.82) is 0 Å². The Morgan fingerprint density at radius 3 is 3.08 bits per heavy atom. The molecule has 1 atom stereocenters. The minimum Gasteiger partial charge on any atom is -0.378 e. The Morgan fingerprint density at radius 2 is 2.50 bits per heavy atom. The number of rotatable bonds is 2. The molecule has 0 aliphatic carbocycles. The maximum atomic E-state index is 10.9. The molecule has 1 heterocycles. The summed E-state index contributed by atoms with van der Waals surface area (Å²) in [6.45, 7) is 5.71. The SMILES string of the molecule is CCC(=O)ON1CCOCC1C. The van der Waals surface area contributed by atoms with E-state index in [0.717, 1.165) is 0 Å². The number of hydroxylamine groups is 2. The molecule has 0 aromatic heterocycles. The van der Waals surface area contributed by atoms with Crippen molar-refractivity contribution in [1.82, 2.24) is 5.06 Å². The van der Waals surface area contributed by atoms with Crippen LogP contribution < -0.4 is 0 Å². The Hall–Kier alpha value is -0.610. The predicted molar refractivity (Wildman–Crippen MR) is 43.4 cm³/mol. The zero-order chi connectivity index (χ0) is 8.97. The van der Waals surface area contributed by atoms with Crippen LogP contribution in [0.1, 0.15) is 20.3 Å². The van der Waals surface area contributed by atoms with Crippen LogP contribution in [0.5, 0.6) is 0 Å². The maximum Gasteiger partial charge on any atom is 0.324 e. The number of hydrogen-bond donors (Lipinski definition) is 0. The first-order valence-electron chi connectivity index (χ1n) is 4.29. The zero-order valence-electron chi connectivity index (χ0n) is 7.58. The average molecular weight is 173 g/mol. The second kappa shape index (κ2) is 4.42. The van der Waals surface area contributed by atoms with E-state index >= 15 is 0 Å². The molecule has 1 unspecified atom stereocenters. The van der Waals surface area contributed by atoms with Crippen LogP contribution in [0, 0.1) is 0 Å². The van der Waals surface area contributed by atoms with Gasteiger partial charge in [-0.05, 0) is 6.92 Å². The summed E-state index contributed by atoms with van der Waals surface area (Å²) in [4.78, 5) is 16.0. The van der Waals surface area contributed by atoms with Crippen molar-refractivity contribution in [3.63, 3.8) is 0 Å². The van der Waals surface area contributed by atoms with Crippen molar-refractivity contribution in [3.8, 4) is 0 Å². The van der Waals surface area contributed by atoms with Crippen LogP contribution in [0.2, 0.25) is 0 Å². The minimum atomic E-state index is -0.177. The highest BCUT2D eigenvalue weighted by molar-refractivity contribution is 5.68. The van der Waals surface area contributed by atoms with E-state index in [0.29, 0.717) is 26.2 Å². The molecule has 0 radical (unpaired) electrons. The van der Waals surface area contributed by atoms with Crippen LogP contribution in [0.25, 0.3) is 0 Å². The highest BCUT2D eigenvalue weighted by Crippen LogP contribution is 2.06. The fourth-order valence-electron chi connectivity index (χ4n) is 1.04. The Balaban J connectivity index is 2.33. The number of morpholine rings is 1. The van der Waals surface area contributed by atoms with Crippen molar-refractivity contribution in [2.45, 2.75) is 26.3 Å². The summed E-state index contributed by atoms with van der Waals surface area (Å²) in [5, 5.41) is 1.69. The van der Waals surface area contributed by atoms with Gasteiger partial charge in [0.05, 0.1) is 25.8 Å². The first-order chi connectivity index (χ1) is 5.74. The molecule has 1 aliphatic rings. The van der Waals surface area contributed by atoms with Gasteiger partial charge in [-0.1, -0.05) is 6.92 Å². The van der Waals surface area contributed by atoms with Gasteiger partial charge in [-0.3, -0.25) is 4.79 Å². The van der Waals surface area contributed by atoms with Gasteiger partial charge in [-0.25, -0.2) is 0 Å². The molecular weight excluding hydrogens is 158 g/mol. The van der Waals surface area contributed by atoms with E-state index in [1.54, 1.807) is 12.0 Å². The molecule has 1 rings (SSSR count). The molecule has 1 saturated heterocycles. The summed E-state index contributed by atoms with van der Waals surface area (Å²) >= 11 is 0. The Kier molecular flexibility index (Phi) is 3.49. The summed E-state index contributed by atoms with van der Waals surface area (Å²) in [5.74, 6) is -0.177. The van der Waals surface area contributed by atoms with E-state index in [1.165, 1.54) is 0 Å². The van der Waals surface area contributed by atoms with Crippen molar-refractivity contribution in [2.75, 3.05) is 19.8 Å². The fourth-order valence-corrected chi connectivity index (χ4v) is 1.04. The molecule has 12 heavy (non-hydrogen) atoms. The van der Waals surface area contributed by atoms with Crippen LogP contribution in [0.3, 0.4) is 0 Å². The van der Waals surface area contributed by atoms with E-state index in [9.17, 15) is 4.79 Å². The summed E-state index contributed by atoms with van der Waals surface area (Å²) in [6.07, 6.45) is 0.421. The van der Waals surface area contributed by atoms with Crippen LogP contribution in [0.15, 0.2) is 0 Å². The Morgan fingerprint density at radius 1 is 1.75 bits per heavy atom. The molecule has 4 heteroatoms. The van der Waals surface area contributed by atoms with E-state index in [2.05, 4.69) is 0 Å². The van der Waals surface area contributed by atoms with Gasteiger partial charge in [0.15, 0.2) is 0 Å². The lowest BCUT2D eigenvalue weighted by Crippen LogP contribution is -2.44. The highest BCUT2D eigenvalue weighted by atomic mass is 16.7. The summed E-state index contributed by atoms with van der Waals surface area (Å²) < 4.78 is 5.19. The standard InChI is InChI=1S/C8H15NO3/c1-3-8(10)12-9-4-5-11-6-7(9)2/h7H,3-6H2,1-2H3. The zero-order valence-corrected chi connectivity index (χ0v) is 7.58. The van der Waals surface area contributed by atoms with Crippen LogP contribution in [0.4, 0.5) is 0 Å². The Labute approximate surface area is 72.4 Å². The summed E-state index contributed by atoms with van der Waals surface area (Å²) in [6, 6.07) is 0.175. The Bertz CT molecular complexity index is 160. The number of carbonyl (C=O) groups is 1. The number of nitrogens with zero attached hydrogens (tertiary/aromatic N) is 1. The second-order valence-corrected chi connectivity index (χ2v) is 2.88. The number of ether oxygens (including phenoxy) is 1. The lowest BCUT2D eigenvalue weighted by Gasteiger charge is -2.30. The molecule has 1 aliphatic heterocycles. The minimum absolute atomic E-state index is 0.175. The molecule has 0 aromatic carbocycles. The van der Waals surface area contributed by atoms with Crippen molar-refractivity contribution in [2.24, 2.45) is 0 Å². The third-order valence-corrected chi connectivity index (χ3v) is 1.81. The van der Waals surface area contributed by atoms with Gasteiger partial charge in [0.2, 0.25) is 0 Å². The van der Waals surface area contributed by atoms with Gasteiger partial charge in [0, 0.05) is 6.42 Å². The third-order valence-electron chi connectivity index (χ3n) is 1.81. The number of carbonyl (C=O) groups excluding carboxylic acids is 1. The van der Waals surface area contributed by atoms with Gasteiger partial charge in [-0.2, -0.15) is 0 Å². The van der Waals surface area contributed by atoms with Crippen LogP contribution in [-0.4, -0.2) is 36.8 Å². The van der Waals surface area contributed by atoms with Gasteiger partial charge >= 0.3 is 5.97 Å². The average Bonchev–Trinajstić information content (AvgIpc) is 2.09. The topological polar surface area (TPSA) is 38.8 Å². The lowest BCUT2D eigenvalue weighted by molar-refractivity contribution is -0.220. The van der Waals surface area contributed by atoms with Gasteiger partial charge < -0.3 is 9.57 Å². The van der Waals surface area contributed by atoms with Gasteiger partial charge in [0.25, 0.3) is 0 Å². The predicted octanol–water partition coefficient (Wildman–Crippen LogP) is 0.575. The largest absolute Gasteiger partial charge is 0.378 e. The van der Waals surface area contributed by atoms with Crippen LogP contribution in [-0.2, 0) is 14.4 Å². The summed E-state index contributed by atoms with van der Waals surface area (Å²) in [5.41, 5.74) is 0. The van der Waals surface area contributed by atoms with Crippen molar-refractivity contribution in [3.05, 3.63) is 0 Å². The summed E-state index contributed by atoms with van der Waals surface area (Å²) in [7, 11) is 0. The quantitative estimate of drug-likeness (QED) is 0.612. The van der Waals surface area contributed by atoms with Crippen molar-refractivity contribution < 1.29 is 14.4 Å². The molecular formula is C8H15NO3. The number of hydrogen-bond acceptors (Lipinski definition) is 4. The monoisotopic (exact) mass is 173 g/mol. The van der Waals surface area contributed by atoms with E-state index < -0.39 is 0 Å². The smallest absolute Gasteiger partial charge is 0.324 e. The first-order valence-corrected chi connectivity index (χ1v) is 4.29. The normalized spacial score (nSPS) is 25.3. The molecule has 0 bridgehead atoms. The van der Waals surface area contributed by atoms with Crippen molar-refractivity contribution >= 4 is 5.97 Å². The van der Waals surface area contributed by atoms with E-state index in [-0.39, 0.29) is 12.0 Å². The molecule has 0 amide bonds. The second-order valence-electron chi connectivity index (χ2n) is 2.88. The van der Waals surface area contributed by atoms with Gasteiger partial charge in [-0.15, -0.1) is 5.06 Å². The van der Waals surface area contributed by atoms with Crippen LogP contribution >= 0.6 is 0 Å². The van der Waals surface area contributed by atoms with Gasteiger partial charge in [0.1, 0.15) is 0 Å². The fraction of sp³-hybridized carbons (Fsp3) is 0.875. The molecule has 4 nitrogen and oxygen atoms in total. The van der Waals surface area contributed by atoms with E-state index in [4.69, 9.17) is 9.57 Å². The molecule has 0 N–H and O–H groups in total. The molecule has 0 spiro atoms. The third kappa shape index (κ3) is 2.46. The lowest BCUT2D eigenvalue weighted by atomic mass is 10.3. The van der Waals surface area contributed by atoms with E-state index in [1.807, 2.05) is 6.92 Å². The maximum absolute atomic E-state index is 10.9.